The molecule has 0 unspecified atom stereocenters. The van der Waals surface area contributed by atoms with Gasteiger partial charge in [0.1, 0.15) is 5.75 Å². The lowest BCUT2D eigenvalue weighted by molar-refractivity contribution is -0.384. The molecule has 3 aromatic carbocycles. The molecule has 0 saturated heterocycles. The molecule has 0 aromatic heterocycles. The molecule has 0 radical (unpaired) electrons. The van der Waals surface area contributed by atoms with Crippen LogP contribution >= 0.6 is 0 Å². The van der Waals surface area contributed by atoms with Crippen LogP contribution in [0.3, 0.4) is 0 Å². The van der Waals surface area contributed by atoms with E-state index >= 15 is 0 Å². The monoisotopic (exact) mass is 536 g/mol. The highest BCUT2D eigenvalue weighted by molar-refractivity contribution is 5.97. The van der Waals surface area contributed by atoms with Gasteiger partial charge in [-0.1, -0.05) is 0 Å². The first-order chi connectivity index (χ1) is 18.7. The number of hydrogen-bond donors (Lipinski definition) is 2. The van der Waals surface area contributed by atoms with E-state index in [9.17, 15) is 24.5 Å². The number of hydrogen-bond acceptors (Lipinski definition) is 10. The van der Waals surface area contributed by atoms with Crippen LogP contribution in [0.5, 0.6) is 23.0 Å². The number of nitrogens with one attached hydrogen (secondary N) is 2. The Bertz CT molecular complexity index is 1360. The van der Waals surface area contributed by atoms with Gasteiger partial charge in [-0.05, 0) is 54.1 Å². The molecule has 0 spiro atoms. The first-order valence-corrected chi connectivity index (χ1v) is 11.2. The smallest absolute Gasteiger partial charge is 0.343 e. The van der Waals surface area contributed by atoms with Gasteiger partial charge in [0.05, 0.1) is 44.6 Å². The fourth-order valence-corrected chi connectivity index (χ4v) is 3.20. The van der Waals surface area contributed by atoms with Crippen LogP contribution in [0.15, 0.2) is 65.8 Å². The number of methoxy groups -OCH3 is 3. The zero-order valence-electron chi connectivity index (χ0n) is 21.1. The summed E-state index contributed by atoms with van der Waals surface area (Å²) in [5, 5.41) is 17.0. The number of nitrogens with zero attached hydrogens (tertiary/aromatic N) is 2. The van der Waals surface area contributed by atoms with E-state index < -0.39 is 22.7 Å². The summed E-state index contributed by atoms with van der Waals surface area (Å²) in [6.07, 6.45) is 1.36. The maximum atomic E-state index is 12.5. The van der Waals surface area contributed by atoms with Gasteiger partial charge in [-0.3, -0.25) is 19.7 Å². The Hall–Kier alpha value is -5.46. The van der Waals surface area contributed by atoms with Crippen molar-refractivity contribution in [1.82, 2.24) is 10.7 Å². The molecule has 13 heteroatoms. The number of benzene rings is 3. The fourth-order valence-electron chi connectivity index (χ4n) is 3.20. The van der Waals surface area contributed by atoms with Crippen LogP contribution in [0.4, 0.5) is 5.69 Å². The Labute approximate surface area is 222 Å². The fraction of sp³-hybridized carbons (Fsp3) is 0.154. The van der Waals surface area contributed by atoms with E-state index in [4.69, 9.17) is 18.9 Å². The summed E-state index contributed by atoms with van der Waals surface area (Å²) < 4.78 is 20.9. The van der Waals surface area contributed by atoms with E-state index in [0.717, 1.165) is 0 Å². The number of non-ortho nitro benzene ring substituents is 1. The predicted molar refractivity (Wildman–Crippen MR) is 139 cm³/mol. The molecule has 0 aliphatic carbocycles. The molecule has 0 saturated carbocycles. The van der Waals surface area contributed by atoms with Gasteiger partial charge >= 0.3 is 5.97 Å². The largest absolute Gasteiger partial charge is 0.493 e. The molecular weight excluding hydrogens is 512 g/mol. The molecule has 3 rings (SSSR count). The van der Waals surface area contributed by atoms with Crippen molar-refractivity contribution < 1.29 is 38.3 Å². The third-order valence-corrected chi connectivity index (χ3v) is 5.14. The molecule has 13 nitrogen and oxygen atoms in total. The lowest BCUT2D eigenvalue weighted by Crippen LogP contribution is -2.34. The Morgan fingerprint density at radius 3 is 2.05 bits per heavy atom. The van der Waals surface area contributed by atoms with E-state index in [0.29, 0.717) is 22.8 Å². The molecule has 0 bridgehead atoms. The Morgan fingerprint density at radius 1 is 0.897 bits per heavy atom. The molecule has 39 heavy (non-hydrogen) atoms. The summed E-state index contributed by atoms with van der Waals surface area (Å²) in [7, 11) is 4.29. The topological polar surface area (TPSA) is 168 Å². The molecule has 0 atom stereocenters. The number of nitro benzene ring substituents is 1. The maximum absolute atomic E-state index is 12.5. The third kappa shape index (κ3) is 7.52. The van der Waals surface area contributed by atoms with Crippen LogP contribution in [0.2, 0.25) is 0 Å². The summed E-state index contributed by atoms with van der Waals surface area (Å²) in [4.78, 5) is 46.9. The molecule has 0 heterocycles. The summed E-state index contributed by atoms with van der Waals surface area (Å²) in [6, 6.07) is 14.2. The van der Waals surface area contributed by atoms with E-state index in [2.05, 4.69) is 15.8 Å². The van der Waals surface area contributed by atoms with Crippen LogP contribution in [-0.2, 0) is 4.79 Å². The predicted octanol–water partition coefficient (Wildman–Crippen LogP) is 2.72. The number of carbonyl (C=O) groups is 3. The Balaban J connectivity index is 1.49. The standard InChI is InChI=1S/C26H24N4O9/c1-36-21-12-18(13-22(37-2)24(21)38-3)25(32)27-15-23(31)29-28-14-16-4-10-20(11-5-16)39-26(33)17-6-8-19(9-7-17)30(34)35/h4-14H,15H2,1-3H3,(H,27,32)(H,29,31)/b28-14-. The van der Waals surface area contributed by atoms with Gasteiger partial charge in [-0.15, -0.1) is 0 Å². The third-order valence-electron chi connectivity index (χ3n) is 5.14. The first-order valence-electron chi connectivity index (χ1n) is 11.2. The highest BCUT2D eigenvalue weighted by Gasteiger charge is 2.17. The summed E-state index contributed by atoms with van der Waals surface area (Å²) in [5.74, 6) is -0.611. The number of hydrazone groups is 1. The van der Waals surface area contributed by atoms with Gasteiger partial charge in [0, 0.05) is 17.7 Å². The highest BCUT2D eigenvalue weighted by atomic mass is 16.6. The number of ether oxygens (including phenoxy) is 4. The van der Waals surface area contributed by atoms with Crippen molar-refractivity contribution in [3.63, 3.8) is 0 Å². The minimum atomic E-state index is -0.674. The van der Waals surface area contributed by atoms with Gasteiger partial charge in [0.2, 0.25) is 5.75 Å². The summed E-state index contributed by atoms with van der Waals surface area (Å²) in [6.45, 7) is -0.343. The van der Waals surface area contributed by atoms with Crippen molar-refractivity contribution in [1.29, 1.82) is 0 Å². The van der Waals surface area contributed by atoms with Gasteiger partial charge < -0.3 is 24.3 Å². The second kappa shape index (κ2) is 13.2. The number of amides is 2. The number of esters is 1. The zero-order valence-corrected chi connectivity index (χ0v) is 21.1. The second-order valence-electron chi connectivity index (χ2n) is 7.65. The average molecular weight is 536 g/mol. The van der Waals surface area contributed by atoms with Crippen LogP contribution in [0, 0.1) is 10.1 Å². The summed E-state index contributed by atoms with van der Waals surface area (Å²) >= 11 is 0. The van der Waals surface area contributed by atoms with Crippen molar-refractivity contribution in [3.05, 3.63) is 87.5 Å². The van der Waals surface area contributed by atoms with Crippen LogP contribution in [0.1, 0.15) is 26.3 Å². The van der Waals surface area contributed by atoms with E-state index in [1.54, 1.807) is 12.1 Å². The van der Waals surface area contributed by atoms with Crippen molar-refractivity contribution in [2.75, 3.05) is 27.9 Å². The van der Waals surface area contributed by atoms with Gasteiger partial charge in [0.15, 0.2) is 11.5 Å². The van der Waals surface area contributed by atoms with E-state index in [1.807, 2.05) is 0 Å². The van der Waals surface area contributed by atoms with E-state index in [1.165, 1.54) is 76.1 Å². The molecule has 202 valence electrons. The van der Waals surface area contributed by atoms with Gasteiger partial charge in [-0.25, -0.2) is 10.2 Å². The van der Waals surface area contributed by atoms with Crippen LogP contribution in [0.25, 0.3) is 0 Å². The molecule has 0 aliphatic heterocycles. The molecule has 3 aromatic rings. The minimum absolute atomic E-state index is 0.136. The lowest BCUT2D eigenvalue weighted by atomic mass is 10.1. The van der Waals surface area contributed by atoms with Gasteiger partial charge in [0.25, 0.3) is 17.5 Å². The van der Waals surface area contributed by atoms with Crippen molar-refractivity contribution in [2.45, 2.75) is 0 Å². The van der Waals surface area contributed by atoms with Crippen molar-refractivity contribution in [2.24, 2.45) is 5.10 Å². The average Bonchev–Trinajstić information content (AvgIpc) is 2.95. The van der Waals surface area contributed by atoms with E-state index in [-0.39, 0.29) is 29.1 Å². The van der Waals surface area contributed by atoms with Crippen molar-refractivity contribution in [3.8, 4) is 23.0 Å². The minimum Gasteiger partial charge on any atom is -0.493 e. The molecule has 0 fully saturated rings. The molecular formula is C26H24N4O9. The molecule has 2 amide bonds. The number of carbonyl (C=O) groups excluding carboxylic acids is 3. The number of rotatable bonds is 11. The Morgan fingerprint density at radius 2 is 1.51 bits per heavy atom. The summed E-state index contributed by atoms with van der Waals surface area (Å²) in [5.41, 5.74) is 3.11. The van der Waals surface area contributed by atoms with Crippen LogP contribution in [-0.4, -0.2) is 56.8 Å². The Kier molecular flexibility index (Phi) is 9.51. The SMILES string of the molecule is COc1cc(C(=O)NCC(=O)N/N=C\c2ccc(OC(=O)c3ccc([N+](=O)[O-])cc3)cc2)cc(OC)c1OC. The highest BCUT2D eigenvalue weighted by Crippen LogP contribution is 2.38. The maximum Gasteiger partial charge on any atom is 0.343 e. The lowest BCUT2D eigenvalue weighted by Gasteiger charge is -2.14. The van der Waals surface area contributed by atoms with Gasteiger partial charge in [-0.2, -0.15) is 5.10 Å². The van der Waals surface area contributed by atoms with Crippen molar-refractivity contribution >= 4 is 29.7 Å². The second-order valence-corrected chi connectivity index (χ2v) is 7.65. The quantitative estimate of drug-likeness (QED) is 0.123. The zero-order chi connectivity index (χ0) is 28.4. The first kappa shape index (κ1) is 28.1. The molecule has 2 N–H and O–H groups in total. The normalized spacial score (nSPS) is 10.4. The van der Waals surface area contributed by atoms with Crippen LogP contribution < -0.4 is 29.7 Å². The number of nitro groups is 1. The molecule has 0 aliphatic rings.